The van der Waals surface area contributed by atoms with Crippen molar-refractivity contribution in [2.75, 3.05) is 13.7 Å². The molecule has 0 aliphatic rings. The summed E-state index contributed by atoms with van der Waals surface area (Å²) in [5.74, 6) is -1.22. The van der Waals surface area contributed by atoms with Crippen LogP contribution < -0.4 is 5.32 Å². The third-order valence-electron chi connectivity index (χ3n) is 2.82. The zero-order valence-electron chi connectivity index (χ0n) is 11.8. The van der Waals surface area contributed by atoms with Crippen LogP contribution in [0.15, 0.2) is 24.3 Å². The maximum atomic E-state index is 12.1. The van der Waals surface area contributed by atoms with Gasteiger partial charge in [-0.25, -0.2) is 4.79 Å². The molecule has 2 N–H and O–H groups in total. The first-order valence-corrected chi connectivity index (χ1v) is 6.26. The van der Waals surface area contributed by atoms with E-state index >= 15 is 0 Å². The minimum Gasteiger partial charge on any atom is -0.478 e. The van der Waals surface area contributed by atoms with E-state index in [1.807, 2.05) is 6.92 Å². The van der Waals surface area contributed by atoms with Crippen molar-refractivity contribution < 1.29 is 19.4 Å². The molecule has 0 spiro atoms. The van der Waals surface area contributed by atoms with E-state index in [0.717, 1.165) is 11.6 Å². The van der Waals surface area contributed by atoms with Crippen molar-refractivity contribution in [3.63, 3.8) is 0 Å². The van der Waals surface area contributed by atoms with Crippen LogP contribution in [0.1, 0.15) is 28.4 Å². The molecular weight excluding hydrogens is 258 g/mol. The number of carbonyl (C=O) groups is 2. The number of carbonyl (C=O) groups excluding carboxylic acids is 1. The molecule has 1 aromatic carbocycles. The van der Waals surface area contributed by atoms with Gasteiger partial charge in [-0.15, -0.1) is 0 Å². The molecule has 108 valence electrons. The molecule has 20 heavy (non-hydrogen) atoms. The lowest BCUT2D eigenvalue weighted by Crippen LogP contribution is -2.36. The second-order valence-electron chi connectivity index (χ2n) is 4.52. The molecule has 0 aliphatic carbocycles. The Morgan fingerprint density at radius 2 is 2.15 bits per heavy atom. The Bertz CT molecular complexity index is 523. The number of benzene rings is 1. The first-order chi connectivity index (χ1) is 9.45. The first-order valence-electron chi connectivity index (χ1n) is 6.26. The van der Waals surface area contributed by atoms with E-state index in [1.54, 1.807) is 32.2 Å². The fourth-order valence-corrected chi connectivity index (χ4v) is 1.83. The predicted molar refractivity (Wildman–Crippen MR) is 76.7 cm³/mol. The molecule has 0 saturated carbocycles. The average Bonchev–Trinajstić information content (AvgIpc) is 2.37. The number of ether oxygens (including phenoxy) is 1. The minimum absolute atomic E-state index is 0.0925. The summed E-state index contributed by atoms with van der Waals surface area (Å²) in [5.41, 5.74) is 1.98. The smallest absolute Gasteiger partial charge is 0.328 e. The summed E-state index contributed by atoms with van der Waals surface area (Å²) in [7, 11) is 1.57. The van der Waals surface area contributed by atoms with Crippen LogP contribution in [0.5, 0.6) is 0 Å². The lowest BCUT2D eigenvalue weighted by atomic mass is 10.0. The Morgan fingerprint density at radius 3 is 2.75 bits per heavy atom. The van der Waals surface area contributed by atoms with Crippen molar-refractivity contribution in [1.82, 2.24) is 5.32 Å². The Kier molecular flexibility index (Phi) is 5.93. The van der Waals surface area contributed by atoms with Crippen LogP contribution in [0.4, 0.5) is 0 Å². The van der Waals surface area contributed by atoms with Gasteiger partial charge in [0.1, 0.15) is 0 Å². The third-order valence-corrected chi connectivity index (χ3v) is 2.82. The lowest BCUT2D eigenvalue weighted by molar-refractivity contribution is -0.131. The summed E-state index contributed by atoms with van der Waals surface area (Å²) in [4.78, 5) is 22.7. The van der Waals surface area contributed by atoms with Gasteiger partial charge in [0.15, 0.2) is 0 Å². The van der Waals surface area contributed by atoms with Gasteiger partial charge in [-0.1, -0.05) is 12.1 Å². The Labute approximate surface area is 118 Å². The molecule has 0 fully saturated rings. The highest BCUT2D eigenvalue weighted by Gasteiger charge is 2.13. The number of aliphatic carboxylic acids is 1. The van der Waals surface area contributed by atoms with Gasteiger partial charge in [-0.3, -0.25) is 4.79 Å². The van der Waals surface area contributed by atoms with Crippen molar-refractivity contribution in [2.24, 2.45) is 0 Å². The molecule has 1 aromatic rings. The van der Waals surface area contributed by atoms with E-state index in [1.165, 1.54) is 6.08 Å². The summed E-state index contributed by atoms with van der Waals surface area (Å²) >= 11 is 0. The van der Waals surface area contributed by atoms with Crippen LogP contribution in [0.25, 0.3) is 6.08 Å². The van der Waals surface area contributed by atoms with Gasteiger partial charge >= 0.3 is 5.97 Å². The highest BCUT2D eigenvalue weighted by molar-refractivity contribution is 5.97. The molecule has 0 radical (unpaired) electrons. The highest BCUT2D eigenvalue weighted by Crippen LogP contribution is 2.15. The number of rotatable bonds is 6. The topological polar surface area (TPSA) is 75.6 Å². The molecule has 1 atom stereocenters. The quantitative estimate of drug-likeness (QED) is 0.778. The number of methoxy groups -OCH3 is 1. The van der Waals surface area contributed by atoms with Crippen molar-refractivity contribution in [3.05, 3.63) is 41.0 Å². The zero-order valence-corrected chi connectivity index (χ0v) is 11.8. The largest absolute Gasteiger partial charge is 0.478 e. The third kappa shape index (κ3) is 4.51. The monoisotopic (exact) mass is 277 g/mol. The average molecular weight is 277 g/mol. The number of nitrogens with one attached hydrogen (secondary N) is 1. The molecule has 0 saturated heterocycles. The van der Waals surface area contributed by atoms with E-state index in [2.05, 4.69) is 5.32 Å². The molecule has 5 heteroatoms. The zero-order chi connectivity index (χ0) is 15.1. The van der Waals surface area contributed by atoms with Crippen LogP contribution in [-0.2, 0) is 9.53 Å². The second-order valence-corrected chi connectivity index (χ2v) is 4.52. The van der Waals surface area contributed by atoms with Crippen LogP contribution in [-0.4, -0.2) is 36.7 Å². The van der Waals surface area contributed by atoms with E-state index in [9.17, 15) is 9.59 Å². The van der Waals surface area contributed by atoms with Gasteiger partial charge in [0.2, 0.25) is 0 Å². The number of carboxylic acid groups (broad SMARTS) is 1. The van der Waals surface area contributed by atoms with Crippen molar-refractivity contribution in [1.29, 1.82) is 0 Å². The summed E-state index contributed by atoms with van der Waals surface area (Å²) < 4.78 is 4.97. The molecule has 1 rings (SSSR count). The Hall–Kier alpha value is -2.14. The fourth-order valence-electron chi connectivity index (χ4n) is 1.83. The van der Waals surface area contributed by atoms with Crippen LogP contribution in [0.2, 0.25) is 0 Å². The van der Waals surface area contributed by atoms with Crippen LogP contribution in [0.3, 0.4) is 0 Å². The molecule has 5 nitrogen and oxygen atoms in total. The first kappa shape index (κ1) is 15.9. The van der Waals surface area contributed by atoms with Gasteiger partial charge in [0.25, 0.3) is 5.91 Å². The maximum Gasteiger partial charge on any atom is 0.328 e. The van der Waals surface area contributed by atoms with E-state index < -0.39 is 5.97 Å². The SMILES string of the molecule is COCC(C)NC(=O)c1cccc(C=CC(=O)O)c1C. The van der Waals surface area contributed by atoms with Crippen LogP contribution >= 0.6 is 0 Å². The van der Waals surface area contributed by atoms with Crippen molar-refractivity contribution in [3.8, 4) is 0 Å². The molecule has 1 amide bonds. The van der Waals surface area contributed by atoms with Crippen LogP contribution in [0, 0.1) is 6.92 Å². The molecular formula is C15H19NO4. The number of amides is 1. The second kappa shape index (κ2) is 7.45. The van der Waals surface area contributed by atoms with E-state index in [-0.39, 0.29) is 11.9 Å². The van der Waals surface area contributed by atoms with E-state index in [0.29, 0.717) is 17.7 Å². The molecule has 0 aromatic heterocycles. The van der Waals surface area contributed by atoms with E-state index in [4.69, 9.17) is 9.84 Å². The maximum absolute atomic E-state index is 12.1. The Morgan fingerprint density at radius 1 is 1.45 bits per heavy atom. The molecule has 0 aliphatic heterocycles. The summed E-state index contributed by atoms with van der Waals surface area (Å²) in [6.45, 7) is 4.08. The normalized spacial score (nSPS) is 12.3. The summed E-state index contributed by atoms with van der Waals surface area (Å²) in [5, 5.41) is 11.5. The number of hydrogen-bond donors (Lipinski definition) is 2. The van der Waals surface area contributed by atoms with Gasteiger partial charge in [0.05, 0.1) is 6.61 Å². The molecule has 1 unspecified atom stereocenters. The van der Waals surface area contributed by atoms with Gasteiger partial charge in [0, 0.05) is 24.8 Å². The van der Waals surface area contributed by atoms with Gasteiger partial charge < -0.3 is 15.2 Å². The lowest BCUT2D eigenvalue weighted by Gasteiger charge is -2.14. The van der Waals surface area contributed by atoms with Crippen molar-refractivity contribution >= 4 is 18.0 Å². The Balaban J connectivity index is 2.93. The highest BCUT2D eigenvalue weighted by atomic mass is 16.5. The molecule has 0 heterocycles. The minimum atomic E-state index is -1.02. The standard InChI is InChI=1S/C15H19NO4/c1-10(9-20-3)16-15(19)13-6-4-5-12(11(13)2)7-8-14(17)18/h4-8,10H,9H2,1-3H3,(H,16,19)(H,17,18). The summed E-state index contributed by atoms with van der Waals surface area (Å²) in [6.07, 6.45) is 2.53. The fraction of sp³-hybridized carbons (Fsp3) is 0.333. The van der Waals surface area contributed by atoms with Crippen molar-refractivity contribution in [2.45, 2.75) is 19.9 Å². The predicted octanol–water partition coefficient (Wildman–Crippen LogP) is 1.86. The number of hydrogen-bond acceptors (Lipinski definition) is 3. The van der Waals surface area contributed by atoms with Gasteiger partial charge in [-0.05, 0) is 37.1 Å². The summed E-state index contributed by atoms with van der Waals surface area (Å²) in [6, 6.07) is 5.11. The van der Waals surface area contributed by atoms with Gasteiger partial charge in [-0.2, -0.15) is 0 Å². The number of carboxylic acids is 1. The molecule has 0 bridgehead atoms.